The zero-order valence-corrected chi connectivity index (χ0v) is 8.93. The summed E-state index contributed by atoms with van der Waals surface area (Å²) in [5.74, 6) is 0. The Balaban J connectivity index is 2.56. The first kappa shape index (κ1) is 11.4. The predicted octanol–water partition coefficient (Wildman–Crippen LogP) is 1.74. The Bertz CT molecular complexity index is 340. The van der Waals surface area contributed by atoms with E-state index in [2.05, 4.69) is 33.2 Å². The Kier molecular flexibility index (Phi) is 4.52. The van der Waals surface area contributed by atoms with Crippen LogP contribution < -0.4 is 16.1 Å². The first-order valence-electron chi connectivity index (χ1n) is 4.16. The molecular formula is C9H11N3O2S. The molecule has 2 amide bonds. The van der Waals surface area contributed by atoms with E-state index in [-0.39, 0.29) is 0 Å². The second-order valence-corrected chi connectivity index (χ2v) is 2.84. The molecule has 0 saturated heterocycles. The quantitative estimate of drug-likeness (QED) is 0.539. The highest BCUT2D eigenvalue weighted by molar-refractivity contribution is 7.79. The van der Waals surface area contributed by atoms with Crippen molar-refractivity contribution in [2.45, 2.75) is 0 Å². The first-order valence-corrected chi connectivity index (χ1v) is 4.63. The van der Waals surface area contributed by atoms with Crippen LogP contribution in [0.15, 0.2) is 24.3 Å². The molecule has 0 bridgehead atoms. The topological polar surface area (TPSA) is 62.4 Å². The number of nitrogens with one attached hydrogen (secondary N) is 3. The Labute approximate surface area is 92.8 Å². The normalized spacial score (nSPS) is 9.13. The molecule has 0 heterocycles. The average Bonchev–Trinajstić information content (AvgIpc) is 2.22. The fraction of sp³-hybridized carbons (Fsp3) is 0.111. The number of anilines is 2. The van der Waals surface area contributed by atoms with Crippen molar-refractivity contribution in [3.8, 4) is 0 Å². The van der Waals surface area contributed by atoms with Crippen molar-refractivity contribution in [2.75, 3.05) is 17.7 Å². The van der Waals surface area contributed by atoms with Crippen molar-refractivity contribution in [3.63, 3.8) is 0 Å². The number of rotatable bonds is 4. The van der Waals surface area contributed by atoms with E-state index in [0.717, 1.165) is 5.69 Å². The summed E-state index contributed by atoms with van der Waals surface area (Å²) >= 11 is 4.64. The number of amides is 2. The zero-order chi connectivity index (χ0) is 11.1. The van der Waals surface area contributed by atoms with Crippen LogP contribution in [0.1, 0.15) is 0 Å². The molecule has 0 spiro atoms. The van der Waals surface area contributed by atoms with Gasteiger partial charge in [-0.15, -0.1) is 0 Å². The number of benzene rings is 1. The maximum absolute atomic E-state index is 11.0. The summed E-state index contributed by atoms with van der Waals surface area (Å²) in [6.07, 6.45) is 0. The van der Waals surface area contributed by atoms with Crippen molar-refractivity contribution in [3.05, 3.63) is 24.3 Å². The van der Waals surface area contributed by atoms with Crippen molar-refractivity contribution < 1.29 is 9.63 Å². The van der Waals surface area contributed by atoms with Crippen LogP contribution in [0.5, 0.6) is 0 Å². The summed E-state index contributed by atoms with van der Waals surface area (Å²) in [6.45, 7) is 0. The summed E-state index contributed by atoms with van der Waals surface area (Å²) in [4.78, 5) is 15.5. The average molecular weight is 225 g/mol. The minimum atomic E-state index is -0.423. The summed E-state index contributed by atoms with van der Waals surface area (Å²) in [5, 5.41) is 5.42. The second-order valence-electron chi connectivity index (χ2n) is 2.60. The van der Waals surface area contributed by atoms with Crippen molar-refractivity contribution in [1.29, 1.82) is 0 Å². The van der Waals surface area contributed by atoms with Crippen molar-refractivity contribution in [1.82, 2.24) is 5.48 Å². The Morgan fingerprint density at radius 2 is 1.93 bits per heavy atom. The van der Waals surface area contributed by atoms with Gasteiger partial charge < -0.3 is 10.6 Å². The molecule has 0 aliphatic heterocycles. The van der Waals surface area contributed by atoms with Crippen molar-refractivity contribution in [2.24, 2.45) is 0 Å². The molecule has 0 saturated carbocycles. The maximum atomic E-state index is 11.0. The van der Waals surface area contributed by atoms with E-state index in [9.17, 15) is 4.79 Å². The van der Waals surface area contributed by atoms with Crippen molar-refractivity contribution >= 4 is 35.1 Å². The Hall–Kier alpha value is -1.66. The molecule has 3 N–H and O–H groups in total. The summed E-state index contributed by atoms with van der Waals surface area (Å²) in [6, 6.07) is 6.66. The first-order chi connectivity index (χ1) is 7.26. The van der Waals surface area contributed by atoms with Crippen LogP contribution in [0, 0.1) is 0 Å². The van der Waals surface area contributed by atoms with Gasteiger partial charge in [-0.25, -0.2) is 10.3 Å². The number of hydrogen-bond donors (Lipinski definition) is 3. The van der Waals surface area contributed by atoms with Gasteiger partial charge in [-0.05, 0) is 24.3 Å². The number of carbonyl (C=O) groups is 1. The fourth-order valence-corrected chi connectivity index (χ4v) is 1.10. The highest BCUT2D eigenvalue weighted by Gasteiger charge is 1.99. The molecule has 0 aromatic heterocycles. The maximum Gasteiger partial charge on any atom is 0.343 e. The Morgan fingerprint density at radius 3 is 2.47 bits per heavy atom. The third-order valence-electron chi connectivity index (χ3n) is 1.56. The van der Waals surface area contributed by atoms with Gasteiger partial charge in [0, 0.05) is 11.4 Å². The van der Waals surface area contributed by atoms with Gasteiger partial charge >= 0.3 is 6.03 Å². The lowest BCUT2D eigenvalue weighted by Crippen LogP contribution is -2.27. The summed E-state index contributed by atoms with van der Waals surface area (Å²) in [5.41, 5.74) is 5.09. The second kappa shape index (κ2) is 5.94. The third kappa shape index (κ3) is 3.92. The molecule has 80 valence electrons. The van der Waals surface area contributed by atoms with Gasteiger partial charge in [-0.1, -0.05) is 12.2 Å². The van der Waals surface area contributed by atoms with E-state index in [4.69, 9.17) is 0 Å². The molecule has 1 aromatic rings. The summed E-state index contributed by atoms with van der Waals surface area (Å²) in [7, 11) is 1.37. The van der Waals surface area contributed by atoms with E-state index < -0.39 is 6.03 Å². The number of hydrogen-bond acceptors (Lipinski definition) is 3. The van der Waals surface area contributed by atoms with Gasteiger partial charge in [0.25, 0.3) is 0 Å². The number of hydroxylamine groups is 1. The van der Waals surface area contributed by atoms with Gasteiger partial charge in [0.15, 0.2) is 0 Å². The zero-order valence-electron chi connectivity index (χ0n) is 8.11. The van der Waals surface area contributed by atoms with E-state index in [0.29, 0.717) is 5.69 Å². The van der Waals surface area contributed by atoms with Gasteiger partial charge in [0.1, 0.15) is 0 Å². The molecule has 0 atom stereocenters. The SMILES string of the molecule is CONC(=O)Nc1ccc(NC=S)cc1. The van der Waals surface area contributed by atoms with Gasteiger partial charge in [-0.3, -0.25) is 4.84 Å². The minimum absolute atomic E-state index is 0.423. The lowest BCUT2D eigenvalue weighted by atomic mass is 10.3. The molecule has 0 aliphatic carbocycles. The highest BCUT2D eigenvalue weighted by Crippen LogP contribution is 2.12. The monoisotopic (exact) mass is 225 g/mol. The number of urea groups is 1. The van der Waals surface area contributed by atoms with E-state index in [1.807, 2.05) is 0 Å². The van der Waals surface area contributed by atoms with E-state index in [1.54, 1.807) is 24.3 Å². The standard InChI is InChI=1S/C9H11N3O2S/c1-14-12-9(13)11-8-4-2-7(3-5-8)10-6-15/h2-6H,1H3,(H,10,15)(H2,11,12,13). The number of thiocarbonyl (C=S) groups is 1. The summed E-state index contributed by atoms with van der Waals surface area (Å²) < 4.78 is 0. The molecule has 1 aromatic carbocycles. The molecule has 0 aliphatic rings. The molecule has 0 fully saturated rings. The molecule has 1 rings (SSSR count). The molecule has 5 nitrogen and oxygen atoms in total. The Morgan fingerprint density at radius 1 is 1.33 bits per heavy atom. The van der Waals surface area contributed by atoms with Crippen LogP contribution in [0.3, 0.4) is 0 Å². The van der Waals surface area contributed by atoms with E-state index >= 15 is 0 Å². The van der Waals surface area contributed by atoms with Crippen LogP contribution in [-0.2, 0) is 4.84 Å². The van der Waals surface area contributed by atoms with Gasteiger partial charge in [0.05, 0.1) is 12.6 Å². The largest absolute Gasteiger partial charge is 0.353 e. The van der Waals surface area contributed by atoms with Crippen LogP contribution in [0.2, 0.25) is 0 Å². The smallest absolute Gasteiger partial charge is 0.343 e. The predicted molar refractivity (Wildman–Crippen MR) is 62.9 cm³/mol. The lowest BCUT2D eigenvalue weighted by molar-refractivity contribution is 0.114. The minimum Gasteiger partial charge on any atom is -0.353 e. The van der Waals surface area contributed by atoms with Crippen LogP contribution >= 0.6 is 12.2 Å². The highest BCUT2D eigenvalue weighted by atomic mass is 32.1. The molecule has 0 radical (unpaired) electrons. The lowest BCUT2D eigenvalue weighted by Gasteiger charge is -2.06. The molecule has 6 heteroatoms. The third-order valence-corrected chi connectivity index (χ3v) is 1.68. The fourth-order valence-electron chi connectivity index (χ4n) is 0.967. The van der Waals surface area contributed by atoms with Gasteiger partial charge in [-0.2, -0.15) is 0 Å². The molecule has 0 unspecified atom stereocenters. The number of carbonyl (C=O) groups excluding carboxylic acids is 1. The van der Waals surface area contributed by atoms with Gasteiger partial charge in [0.2, 0.25) is 0 Å². The molecule has 15 heavy (non-hydrogen) atoms. The van der Waals surface area contributed by atoms with Crippen LogP contribution in [-0.4, -0.2) is 18.6 Å². The van der Waals surface area contributed by atoms with Crippen LogP contribution in [0.25, 0.3) is 0 Å². The molecular weight excluding hydrogens is 214 g/mol. The van der Waals surface area contributed by atoms with Crippen LogP contribution in [0.4, 0.5) is 16.2 Å². The van der Waals surface area contributed by atoms with E-state index in [1.165, 1.54) is 12.6 Å².